The summed E-state index contributed by atoms with van der Waals surface area (Å²) in [6, 6.07) is 10.2. The van der Waals surface area contributed by atoms with Crippen LogP contribution in [0.25, 0.3) is 0 Å². The molecule has 106 valence electrons. The summed E-state index contributed by atoms with van der Waals surface area (Å²) in [5, 5.41) is 0. The third kappa shape index (κ3) is 3.64. The number of methoxy groups -OCH3 is 1. The molecule has 0 spiro atoms. The van der Waals surface area contributed by atoms with Gasteiger partial charge in [-0.25, -0.2) is 4.39 Å². The van der Waals surface area contributed by atoms with Crippen molar-refractivity contribution in [3.63, 3.8) is 0 Å². The number of alkyl halides is 1. The molecule has 0 amide bonds. The molecule has 0 radical (unpaired) electrons. The molecule has 20 heavy (non-hydrogen) atoms. The van der Waals surface area contributed by atoms with Crippen LogP contribution in [-0.2, 0) is 12.5 Å². The summed E-state index contributed by atoms with van der Waals surface area (Å²) in [6.45, 7) is 0.245. The minimum absolute atomic E-state index is 0.202. The predicted octanol–water partition coefficient (Wildman–Crippen LogP) is 4.91. The van der Waals surface area contributed by atoms with E-state index in [-0.39, 0.29) is 18.2 Å². The van der Waals surface area contributed by atoms with Gasteiger partial charge in [0.15, 0.2) is 11.6 Å². The monoisotopic (exact) mass is 358 g/mol. The lowest BCUT2D eigenvalue weighted by Gasteiger charge is -2.10. The summed E-state index contributed by atoms with van der Waals surface area (Å²) in [4.78, 5) is 0. The molecule has 0 bridgehead atoms. The van der Waals surface area contributed by atoms with Gasteiger partial charge in [0.05, 0.1) is 7.11 Å². The highest BCUT2D eigenvalue weighted by molar-refractivity contribution is 9.10. The average Bonchev–Trinajstić information content (AvgIpc) is 2.47. The van der Waals surface area contributed by atoms with Gasteiger partial charge in [-0.1, -0.05) is 22.0 Å². The summed E-state index contributed by atoms with van der Waals surface area (Å²) in [7, 11) is 1.60. The van der Waals surface area contributed by atoms with Gasteiger partial charge in [-0.3, -0.25) is 0 Å². The number of benzene rings is 2. The van der Waals surface area contributed by atoms with E-state index < -0.39 is 5.82 Å². The lowest BCUT2D eigenvalue weighted by atomic mass is 10.2. The first-order valence-electron chi connectivity index (χ1n) is 5.93. The molecule has 0 aliphatic rings. The molecule has 0 saturated carbocycles. The number of hydrogen-bond donors (Lipinski definition) is 0. The smallest absolute Gasteiger partial charge is 0.165 e. The lowest BCUT2D eigenvalue weighted by Crippen LogP contribution is -1.99. The fraction of sp³-hybridized carbons (Fsp3) is 0.200. The molecular weight excluding hydrogens is 347 g/mol. The van der Waals surface area contributed by atoms with Crippen LogP contribution in [-0.4, -0.2) is 7.11 Å². The third-order valence-electron chi connectivity index (χ3n) is 2.79. The van der Waals surface area contributed by atoms with Crippen molar-refractivity contribution in [2.75, 3.05) is 7.11 Å². The van der Waals surface area contributed by atoms with E-state index in [2.05, 4.69) is 15.9 Å². The Hall–Kier alpha value is -1.26. The van der Waals surface area contributed by atoms with Crippen LogP contribution in [0.3, 0.4) is 0 Å². The van der Waals surface area contributed by atoms with E-state index in [4.69, 9.17) is 21.1 Å². The molecule has 0 aromatic heterocycles. The average molecular weight is 360 g/mol. The fourth-order valence-corrected chi connectivity index (χ4v) is 2.22. The zero-order valence-electron chi connectivity index (χ0n) is 10.8. The maximum Gasteiger partial charge on any atom is 0.165 e. The molecule has 0 saturated heterocycles. The molecule has 0 aliphatic carbocycles. The number of ether oxygens (including phenoxy) is 2. The van der Waals surface area contributed by atoms with Gasteiger partial charge in [-0.05, 0) is 35.9 Å². The lowest BCUT2D eigenvalue weighted by molar-refractivity contribution is 0.288. The zero-order valence-corrected chi connectivity index (χ0v) is 13.2. The van der Waals surface area contributed by atoms with Crippen molar-refractivity contribution in [1.82, 2.24) is 0 Å². The summed E-state index contributed by atoms with van der Waals surface area (Å²) >= 11 is 9.08. The van der Waals surface area contributed by atoms with Gasteiger partial charge in [-0.15, -0.1) is 11.6 Å². The standard InChI is InChI=1S/C15H13BrClFO2/c1-19-12-3-4-13(16)11(7-12)9-20-15-5-2-10(8-17)6-14(15)18/h2-7H,8-9H2,1H3. The molecule has 2 aromatic rings. The van der Waals surface area contributed by atoms with E-state index in [1.807, 2.05) is 18.2 Å². The Balaban J connectivity index is 2.12. The van der Waals surface area contributed by atoms with Gasteiger partial charge < -0.3 is 9.47 Å². The van der Waals surface area contributed by atoms with Crippen molar-refractivity contribution in [1.29, 1.82) is 0 Å². The van der Waals surface area contributed by atoms with Crippen LogP contribution in [0.4, 0.5) is 4.39 Å². The van der Waals surface area contributed by atoms with Crippen molar-refractivity contribution >= 4 is 27.5 Å². The largest absolute Gasteiger partial charge is 0.497 e. The van der Waals surface area contributed by atoms with Crippen LogP contribution < -0.4 is 9.47 Å². The molecule has 0 fully saturated rings. The Morgan fingerprint density at radius 2 is 2.00 bits per heavy atom. The van der Waals surface area contributed by atoms with Gasteiger partial charge in [0.1, 0.15) is 12.4 Å². The first kappa shape index (κ1) is 15.1. The summed E-state index contributed by atoms with van der Waals surface area (Å²) < 4.78 is 25.3. The molecular formula is C15H13BrClFO2. The van der Waals surface area contributed by atoms with E-state index in [9.17, 15) is 4.39 Å². The van der Waals surface area contributed by atoms with Crippen LogP contribution in [0.2, 0.25) is 0 Å². The van der Waals surface area contributed by atoms with E-state index in [0.717, 1.165) is 21.3 Å². The zero-order chi connectivity index (χ0) is 14.5. The Morgan fingerprint density at radius 1 is 1.20 bits per heavy atom. The van der Waals surface area contributed by atoms with Gasteiger partial charge in [0.25, 0.3) is 0 Å². The Kier molecular flexibility index (Phi) is 5.26. The molecule has 2 rings (SSSR count). The first-order valence-corrected chi connectivity index (χ1v) is 7.26. The second-order valence-corrected chi connectivity index (χ2v) is 5.27. The normalized spacial score (nSPS) is 10.4. The van der Waals surface area contributed by atoms with E-state index in [0.29, 0.717) is 0 Å². The van der Waals surface area contributed by atoms with E-state index >= 15 is 0 Å². The number of halogens is 3. The van der Waals surface area contributed by atoms with Crippen molar-refractivity contribution in [3.8, 4) is 11.5 Å². The highest BCUT2D eigenvalue weighted by Gasteiger charge is 2.07. The maximum atomic E-state index is 13.8. The van der Waals surface area contributed by atoms with Gasteiger partial charge in [0.2, 0.25) is 0 Å². The quantitative estimate of drug-likeness (QED) is 0.706. The molecule has 2 nitrogen and oxygen atoms in total. The molecule has 5 heteroatoms. The SMILES string of the molecule is COc1ccc(Br)c(COc2ccc(CCl)cc2F)c1. The van der Waals surface area contributed by atoms with Crippen LogP contribution >= 0.6 is 27.5 Å². The van der Waals surface area contributed by atoms with E-state index in [1.165, 1.54) is 6.07 Å². The second-order valence-electron chi connectivity index (χ2n) is 4.14. The predicted molar refractivity (Wildman–Crippen MR) is 81.0 cm³/mol. The highest BCUT2D eigenvalue weighted by Crippen LogP contribution is 2.25. The Labute approximate surface area is 130 Å². The molecule has 0 atom stereocenters. The fourth-order valence-electron chi connectivity index (χ4n) is 1.69. The second kappa shape index (κ2) is 6.95. The summed E-state index contributed by atoms with van der Waals surface area (Å²) in [5.41, 5.74) is 1.60. The van der Waals surface area contributed by atoms with Crippen molar-refractivity contribution < 1.29 is 13.9 Å². The minimum Gasteiger partial charge on any atom is -0.497 e. The van der Waals surface area contributed by atoms with Crippen molar-refractivity contribution in [2.45, 2.75) is 12.5 Å². The third-order valence-corrected chi connectivity index (χ3v) is 3.87. The Morgan fingerprint density at radius 3 is 2.65 bits per heavy atom. The van der Waals surface area contributed by atoms with Crippen molar-refractivity contribution in [3.05, 3.63) is 57.8 Å². The highest BCUT2D eigenvalue weighted by atomic mass is 79.9. The summed E-state index contributed by atoms with van der Waals surface area (Å²) in [5.74, 6) is 0.791. The maximum absolute atomic E-state index is 13.8. The molecule has 0 aliphatic heterocycles. The number of rotatable bonds is 5. The van der Waals surface area contributed by atoms with Crippen LogP contribution in [0.15, 0.2) is 40.9 Å². The molecule has 0 heterocycles. The topological polar surface area (TPSA) is 18.5 Å². The van der Waals surface area contributed by atoms with Crippen LogP contribution in [0, 0.1) is 5.82 Å². The van der Waals surface area contributed by atoms with E-state index in [1.54, 1.807) is 19.2 Å². The summed E-state index contributed by atoms with van der Waals surface area (Å²) in [6.07, 6.45) is 0. The number of hydrogen-bond acceptors (Lipinski definition) is 2. The van der Waals surface area contributed by atoms with Crippen LogP contribution in [0.1, 0.15) is 11.1 Å². The Bertz CT molecular complexity index is 604. The molecule has 2 aromatic carbocycles. The van der Waals surface area contributed by atoms with Gasteiger partial charge >= 0.3 is 0 Å². The van der Waals surface area contributed by atoms with Crippen molar-refractivity contribution in [2.24, 2.45) is 0 Å². The minimum atomic E-state index is -0.415. The first-order chi connectivity index (χ1) is 9.63. The molecule has 0 unspecified atom stereocenters. The molecule has 0 N–H and O–H groups in total. The van der Waals surface area contributed by atoms with Gasteiger partial charge in [-0.2, -0.15) is 0 Å². The van der Waals surface area contributed by atoms with Gasteiger partial charge in [0, 0.05) is 15.9 Å². The van der Waals surface area contributed by atoms with Crippen LogP contribution in [0.5, 0.6) is 11.5 Å².